The Balaban J connectivity index is 2.07. The van der Waals surface area contributed by atoms with E-state index < -0.39 is 5.60 Å². The highest BCUT2D eigenvalue weighted by Gasteiger charge is 2.26. The van der Waals surface area contributed by atoms with E-state index >= 15 is 0 Å². The molecule has 0 radical (unpaired) electrons. The number of nitrogens with one attached hydrogen (secondary N) is 1. The molecule has 1 aromatic rings. The third-order valence-corrected chi connectivity index (χ3v) is 2.78. The fourth-order valence-corrected chi connectivity index (χ4v) is 2.01. The fourth-order valence-electron chi connectivity index (χ4n) is 2.01. The normalized spacial score (nSPS) is 15.2. The molecule has 18 heavy (non-hydrogen) atoms. The van der Waals surface area contributed by atoms with Gasteiger partial charge >= 0.3 is 6.09 Å². The molecule has 0 bridgehead atoms. The Morgan fingerprint density at radius 1 is 1.50 bits per heavy atom. The Morgan fingerprint density at radius 3 is 2.83 bits per heavy atom. The van der Waals surface area contributed by atoms with Crippen molar-refractivity contribution in [2.45, 2.75) is 39.3 Å². The molecule has 1 amide bonds. The van der Waals surface area contributed by atoms with Gasteiger partial charge in [-0.05, 0) is 32.4 Å². The lowest BCUT2D eigenvalue weighted by atomic mass is 10.1. The molecule has 1 N–H and O–H groups in total. The van der Waals surface area contributed by atoms with Gasteiger partial charge < -0.3 is 14.6 Å². The first-order valence-electron chi connectivity index (χ1n) is 6.03. The molecule has 2 rings (SSSR count). The van der Waals surface area contributed by atoms with Crippen LogP contribution in [-0.4, -0.2) is 34.4 Å². The van der Waals surface area contributed by atoms with E-state index in [1.54, 1.807) is 11.0 Å². The van der Waals surface area contributed by atoms with Gasteiger partial charge in [0, 0.05) is 18.7 Å². The molecule has 1 aliphatic rings. The molecule has 1 aromatic heterocycles. The molecule has 1 aliphatic heterocycles. The second-order valence-corrected chi connectivity index (χ2v) is 5.50. The maximum atomic E-state index is 11.9. The van der Waals surface area contributed by atoms with E-state index in [1.807, 2.05) is 20.8 Å². The highest BCUT2D eigenvalue weighted by Crippen LogP contribution is 2.21. The van der Waals surface area contributed by atoms with Crippen LogP contribution in [0.1, 0.15) is 42.5 Å². The minimum Gasteiger partial charge on any atom is -0.444 e. The Bertz CT molecular complexity index is 471. The number of carbonyl (C=O) groups excluding carboxylic acids is 2. The molecule has 2 heterocycles. The fraction of sp³-hybridized carbons (Fsp3) is 0.538. The summed E-state index contributed by atoms with van der Waals surface area (Å²) in [7, 11) is 0. The number of hydrogen-bond donors (Lipinski definition) is 1. The number of hydrogen-bond acceptors (Lipinski definition) is 3. The van der Waals surface area contributed by atoms with Crippen molar-refractivity contribution < 1.29 is 14.3 Å². The Morgan fingerprint density at radius 2 is 2.22 bits per heavy atom. The van der Waals surface area contributed by atoms with Crippen LogP contribution in [0.5, 0.6) is 0 Å². The van der Waals surface area contributed by atoms with Crippen molar-refractivity contribution in [1.29, 1.82) is 0 Å². The summed E-state index contributed by atoms with van der Waals surface area (Å²) in [6, 6.07) is 1.79. The third-order valence-electron chi connectivity index (χ3n) is 2.78. The van der Waals surface area contributed by atoms with Crippen LogP contribution in [-0.2, 0) is 17.7 Å². The summed E-state index contributed by atoms with van der Waals surface area (Å²) in [5.41, 5.74) is 2.11. The largest absolute Gasteiger partial charge is 0.444 e. The Hall–Kier alpha value is -1.78. The zero-order valence-electron chi connectivity index (χ0n) is 10.9. The number of aldehydes is 1. The highest BCUT2D eigenvalue weighted by atomic mass is 16.6. The maximum absolute atomic E-state index is 11.9. The first kappa shape index (κ1) is 12.7. The van der Waals surface area contributed by atoms with Crippen molar-refractivity contribution in [2.75, 3.05) is 6.54 Å². The molecule has 0 atom stereocenters. The summed E-state index contributed by atoms with van der Waals surface area (Å²) in [5.74, 6) is 0. The molecule has 0 saturated heterocycles. The summed E-state index contributed by atoms with van der Waals surface area (Å²) < 4.78 is 5.33. The standard InChI is InChI=1S/C13H18N2O3/c1-13(2,3)18-12(17)15-5-4-11-9(7-15)6-10(8-16)14-11/h6,8,14H,4-5,7H2,1-3H3. The third kappa shape index (κ3) is 2.72. The summed E-state index contributed by atoms with van der Waals surface area (Å²) in [6.07, 6.45) is 1.21. The lowest BCUT2D eigenvalue weighted by Crippen LogP contribution is -2.39. The van der Waals surface area contributed by atoms with E-state index in [9.17, 15) is 9.59 Å². The molecule has 0 spiro atoms. The molecule has 0 unspecified atom stereocenters. The Labute approximate surface area is 106 Å². The van der Waals surface area contributed by atoms with E-state index in [2.05, 4.69) is 4.98 Å². The van der Waals surface area contributed by atoms with Gasteiger partial charge in [0.2, 0.25) is 0 Å². The number of H-pyrrole nitrogens is 1. The molecule has 0 saturated carbocycles. The zero-order valence-corrected chi connectivity index (χ0v) is 10.9. The van der Waals surface area contributed by atoms with Gasteiger partial charge in [0.05, 0.1) is 12.2 Å². The minimum absolute atomic E-state index is 0.304. The number of ether oxygens (including phenoxy) is 1. The maximum Gasteiger partial charge on any atom is 0.410 e. The minimum atomic E-state index is -0.483. The van der Waals surface area contributed by atoms with Gasteiger partial charge in [0.1, 0.15) is 5.60 Å². The van der Waals surface area contributed by atoms with Crippen molar-refractivity contribution in [3.63, 3.8) is 0 Å². The number of nitrogens with zero attached hydrogens (tertiary/aromatic N) is 1. The van der Waals surface area contributed by atoms with Gasteiger partial charge in [-0.2, -0.15) is 0 Å². The second-order valence-electron chi connectivity index (χ2n) is 5.50. The number of rotatable bonds is 1. The summed E-state index contributed by atoms with van der Waals surface area (Å²) >= 11 is 0. The van der Waals surface area contributed by atoms with Crippen molar-refractivity contribution in [3.8, 4) is 0 Å². The van der Waals surface area contributed by atoms with E-state index in [0.29, 0.717) is 18.8 Å². The molecule has 5 nitrogen and oxygen atoms in total. The molecule has 0 fully saturated rings. The second kappa shape index (κ2) is 4.48. The lowest BCUT2D eigenvalue weighted by Gasteiger charge is -2.29. The van der Waals surface area contributed by atoms with Gasteiger partial charge in [-0.3, -0.25) is 4.79 Å². The zero-order chi connectivity index (χ0) is 13.3. The number of aromatic nitrogens is 1. The Kier molecular flexibility index (Phi) is 3.15. The van der Waals surface area contributed by atoms with E-state index in [0.717, 1.165) is 24.0 Å². The average Bonchev–Trinajstić information content (AvgIpc) is 2.68. The number of amides is 1. The van der Waals surface area contributed by atoms with Crippen LogP contribution in [0.4, 0.5) is 4.79 Å². The van der Waals surface area contributed by atoms with Crippen LogP contribution in [0.15, 0.2) is 6.07 Å². The smallest absolute Gasteiger partial charge is 0.410 e. The molecule has 5 heteroatoms. The van der Waals surface area contributed by atoms with E-state index in [-0.39, 0.29) is 6.09 Å². The van der Waals surface area contributed by atoms with Crippen LogP contribution in [0.2, 0.25) is 0 Å². The quantitative estimate of drug-likeness (QED) is 0.776. The van der Waals surface area contributed by atoms with Crippen LogP contribution in [0, 0.1) is 0 Å². The van der Waals surface area contributed by atoms with E-state index in [4.69, 9.17) is 4.74 Å². The first-order valence-corrected chi connectivity index (χ1v) is 6.03. The van der Waals surface area contributed by atoms with Crippen molar-refractivity contribution in [1.82, 2.24) is 9.88 Å². The predicted molar refractivity (Wildman–Crippen MR) is 66.5 cm³/mol. The summed E-state index contributed by atoms with van der Waals surface area (Å²) in [5, 5.41) is 0. The molecule has 0 aliphatic carbocycles. The summed E-state index contributed by atoms with van der Waals surface area (Å²) in [4.78, 5) is 27.3. The van der Waals surface area contributed by atoms with Crippen molar-refractivity contribution in [3.05, 3.63) is 23.0 Å². The lowest BCUT2D eigenvalue weighted by molar-refractivity contribution is 0.0223. The number of aromatic amines is 1. The number of carbonyl (C=O) groups is 2. The molecular weight excluding hydrogens is 232 g/mol. The van der Waals surface area contributed by atoms with Gasteiger partial charge in [-0.15, -0.1) is 0 Å². The van der Waals surface area contributed by atoms with Crippen LogP contribution in [0.25, 0.3) is 0 Å². The van der Waals surface area contributed by atoms with Gasteiger partial charge in [0.15, 0.2) is 6.29 Å². The topological polar surface area (TPSA) is 62.4 Å². The van der Waals surface area contributed by atoms with E-state index in [1.165, 1.54) is 0 Å². The van der Waals surface area contributed by atoms with Crippen molar-refractivity contribution in [2.24, 2.45) is 0 Å². The average molecular weight is 250 g/mol. The van der Waals surface area contributed by atoms with Crippen molar-refractivity contribution >= 4 is 12.4 Å². The first-order chi connectivity index (χ1) is 8.39. The van der Waals surface area contributed by atoms with Crippen LogP contribution in [0.3, 0.4) is 0 Å². The monoisotopic (exact) mass is 250 g/mol. The highest BCUT2D eigenvalue weighted by molar-refractivity contribution is 5.73. The summed E-state index contributed by atoms with van der Waals surface area (Å²) in [6.45, 7) is 6.65. The van der Waals surface area contributed by atoms with Crippen LogP contribution >= 0.6 is 0 Å². The van der Waals surface area contributed by atoms with Gasteiger partial charge in [-0.1, -0.05) is 0 Å². The molecule has 98 valence electrons. The predicted octanol–water partition coefficient (Wildman–Crippen LogP) is 2.12. The SMILES string of the molecule is CC(C)(C)OC(=O)N1CCc2[nH]c(C=O)cc2C1. The molecule has 0 aromatic carbocycles. The van der Waals surface area contributed by atoms with Gasteiger partial charge in [0.25, 0.3) is 0 Å². The number of fused-ring (bicyclic) bond motifs is 1. The van der Waals surface area contributed by atoms with Crippen LogP contribution < -0.4 is 0 Å². The molecular formula is C13H18N2O3. The van der Waals surface area contributed by atoms with Gasteiger partial charge in [-0.25, -0.2) is 4.79 Å².